The molecule has 38 heavy (non-hydrogen) atoms. The fourth-order valence-corrected chi connectivity index (χ4v) is 7.60. The lowest BCUT2D eigenvalue weighted by Gasteiger charge is -2.42. The molecule has 7 unspecified atom stereocenters. The molecule has 6 rings (SSSR count). The van der Waals surface area contributed by atoms with Gasteiger partial charge in [0, 0.05) is 51.7 Å². The van der Waals surface area contributed by atoms with E-state index in [1.165, 1.54) is 6.20 Å². The van der Waals surface area contributed by atoms with Crippen LogP contribution in [0.5, 0.6) is 0 Å². The summed E-state index contributed by atoms with van der Waals surface area (Å²) in [5, 5.41) is 3.80. The van der Waals surface area contributed by atoms with Gasteiger partial charge in [-0.15, -0.1) is 0 Å². The van der Waals surface area contributed by atoms with Crippen molar-refractivity contribution in [1.82, 2.24) is 15.2 Å². The highest BCUT2D eigenvalue weighted by Crippen LogP contribution is 2.51. The number of methoxy groups -OCH3 is 1. The van der Waals surface area contributed by atoms with Gasteiger partial charge in [-0.25, -0.2) is 4.98 Å². The number of piperazine rings is 1. The number of hydrogen-bond donors (Lipinski definition) is 1. The Morgan fingerprint density at radius 2 is 1.97 bits per heavy atom. The number of pyridine rings is 1. The first kappa shape index (κ1) is 26.3. The molecule has 5 fully saturated rings. The molecule has 210 valence electrons. The van der Waals surface area contributed by atoms with Gasteiger partial charge in [0.15, 0.2) is 0 Å². The Balaban J connectivity index is 1.16. The van der Waals surface area contributed by atoms with Gasteiger partial charge in [-0.2, -0.15) is 13.2 Å². The third-order valence-corrected chi connectivity index (χ3v) is 9.61. The molecule has 1 aromatic rings. The molecule has 0 spiro atoms. The van der Waals surface area contributed by atoms with Crippen LogP contribution < -0.4 is 10.2 Å². The number of halogens is 3. The molecule has 11 heteroatoms. The van der Waals surface area contributed by atoms with Crippen molar-refractivity contribution in [2.24, 2.45) is 11.3 Å². The van der Waals surface area contributed by atoms with E-state index in [0.717, 1.165) is 50.7 Å². The number of carbonyl (C=O) groups excluding carboxylic acids is 1. The van der Waals surface area contributed by atoms with Gasteiger partial charge in [0.1, 0.15) is 5.82 Å². The molecule has 1 saturated carbocycles. The number of hydrogen-bond acceptors (Lipinski definition) is 7. The Bertz CT molecular complexity index is 1020. The molecule has 1 aliphatic carbocycles. The van der Waals surface area contributed by atoms with Crippen LogP contribution in [0.15, 0.2) is 18.3 Å². The van der Waals surface area contributed by atoms with Crippen molar-refractivity contribution in [2.75, 3.05) is 51.5 Å². The van der Waals surface area contributed by atoms with Crippen LogP contribution in [0.4, 0.5) is 19.0 Å². The number of likely N-dealkylation sites (tertiary alicyclic amines) is 1. The third kappa shape index (κ3) is 4.69. The molecule has 4 aliphatic heterocycles. The van der Waals surface area contributed by atoms with Crippen LogP contribution in [-0.4, -0.2) is 92.7 Å². The SMILES string of the molecule is COC1COCCC1NC1CCC(C(=O)N2CC3CC2CN3c2cc(C(F)(F)F)ccn2)(C2CCOC2)C1. The first-order valence-corrected chi connectivity index (χ1v) is 13.8. The largest absolute Gasteiger partial charge is 0.416 e. The summed E-state index contributed by atoms with van der Waals surface area (Å²) in [5.74, 6) is 0.736. The molecule has 2 bridgehead atoms. The van der Waals surface area contributed by atoms with Gasteiger partial charge in [-0.05, 0) is 56.6 Å². The van der Waals surface area contributed by atoms with E-state index in [4.69, 9.17) is 14.2 Å². The molecule has 0 aromatic carbocycles. The zero-order chi connectivity index (χ0) is 26.5. The van der Waals surface area contributed by atoms with E-state index in [0.29, 0.717) is 45.3 Å². The van der Waals surface area contributed by atoms with Crippen LogP contribution in [-0.2, 0) is 25.2 Å². The summed E-state index contributed by atoms with van der Waals surface area (Å²) in [6, 6.07) is 2.54. The van der Waals surface area contributed by atoms with E-state index in [2.05, 4.69) is 10.3 Å². The van der Waals surface area contributed by atoms with Crippen LogP contribution in [0.25, 0.3) is 0 Å². The van der Waals surface area contributed by atoms with E-state index in [1.807, 2.05) is 9.80 Å². The Labute approximate surface area is 221 Å². The van der Waals surface area contributed by atoms with E-state index in [1.54, 1.807) is 7.11 Å². The van der Waals surface area contributed by atoms with Crippen LogP contribution in [0.1, 0.15) is 44.1 Å². The highest BCUT2D eigenvalue weighted by molar-refractivity contribution is 5.85. The van der Waals surface area contributed by atoms with Crippen molar-refractivity contribution in [3.63, 3.8) is 0 Å². The standard InChI is InChI=1S/C27H37F3N4O4/c1-36-23-16-38-9-5-22(23)32-19-2-6-26(12-19,18-4-8-37-15-18)25(35)34-14-20-11-21(34)13-33(20)24-10-17(3-7-31-24)27(28,29)30/h3,7,10,18-23,32H,2,4-6,8-9,11-16H2,1H3. The zero-order valence-corrected chi connectivity index (χ0v) is 21.8. The Morgan fingerprint density at radius 3 is 2.68 bits per heavy atom. The monoisotopic (exact) mass is 538 g/mol. The van der Waals surface area contributed by atoms with E-state index < -0.39 is 17.2 Å². The fraction of sp³-hybridized carbons (Fsp3) is 0.778. The molecule has 1 amide bonds. The topological polar surface area (TPSA) is 76.2 Å². The van der Waals surface area contributed by atoms with Crippen molar-refractivity contribution in [1.29, 1.82) is 0 Å². The number of fused-ring (bicyclic) bond motifs is 2. The van der Waals surface area contributed by atoms with Crippen molar-refractivity contribution in [3.8, 4) is 0 Å². The molecule has 0 radical (unpaired) electrons. The highest BCUT2D eigenvalue weighted by Gasteiger charge is 2.57. The number of carbonyl (C=O) groups is 1. The number of amides is 1. The maximum Gasteiger partial charge on any atom is 0.416 e. The minimum Gasteiger partial charge on any atom is -0.381 e. The highest BCUT2D eigenvalue weighted by atomic mass is 19.4. The van der Waals surface area contributed by atoms with Gasteiger partial charge in [0.25, 0.3) is 0 Å². The van der Waals surface area contributed by atoms with Gasteiger partial charge in [0.2, 0.25) is 5.91 Å². The van der Waals surface area contributed by atoms with Crippen molar-refractivity contribution in [3.05, 3.63) is 23.9 Å². The summed E-state index contributed by atoms with van der Waals surface area (Å²) in [6.45, 7) is 3.62. The minimum atomic E-state index is -4.41. The smallest absolute Gasteiger partial charge is 0.381 e. The molecular formula is C27H37F3N4O4. The summed E-state index contributed by atoms with van der Waals surface area (Å²) in [6.07, 6.45) is 1.89. The van der Waals surface area contributed by atoms with Crippen LogP contribution in [0.3, 0.4) is 0 Å². The van der Waals surface area contributed by atoms with E-state index in [9.17, 15) is 18.0 Å². The summed E-state index contributed by atoms with van der Waals surface area (Å²) < 4.78 is 56.8. The molecular weight excluding hydrogens is 501 g/mol. The first-order chi connectivity index (χ1) is 18.3. The number of aromatic nitrogens is 1. The normalized spacial score (nSPS) is 37.4. The second-order valence-electron chi connectivity index (χ2n) is 11.6. The molecule has 8 nitrogen and oxygen atoms in total. The van der Waals surface area contributed by atoms with Crippen LogP contribution >= 0.6 is 0 Å². The van der Waals surface area contributed by atoms with Gasteiger partial charge in [-0.3, -0.25) is 4.79 Å². The summed E-state index contributed by atoms with van der Waals surface area (Å²) in [4.78, 5) is 22.6. The number of anilines is 1. The first-order valence-electron chi connectivity index (χ1n) is 13.8. The average Bonchev–Trinajstić information content (AvgIpc) is 3.72. The van der Waals surface area contributed by atoms with Crippen molar-refractivity contribution >= 4 is 11.7 Å². The van der Waals surface area contributed by atoms with Crippen molar-refractivity contribution < 1.29 is 32.2 Å². The zero-order valence-electron chi connectivity index (χ0n) is 21.8. The van der Waals surface area contributed by atoms with Crippen LogP contribution in [0.2, 0.25) is 0 Å². The Kier molecular flexibility index (Phi) is 7.07. The van der Waals surface area contributed by atoms with Crippen LogP contribution in [0, 0.1) is 11.3 Å². The Hall–Kier alpha value is -1.95. The number of alkyl halides is 3. The molecule has 1 aromatic heterocycles. The number of nitrogens with one attached hydrogen (secondary N) is 1. The quantitative estimate of drug-likeness (QED) is 0.597. The summed E-state index contributed by atoms with van der Waals surface area (Å²) >= 11 is 0. The van der Waals surface area contributed by atoms with E-state index >= 15 is 0 Å². The lowest BCUT2D eigenvalue weighted by molar-refractivity contribution is -0.147. The maximum absolute atomic E-state index is 14.3. The second-order valence-corrected chi connectivity index (χ2v) is 11.6. The summed E-state index contributed by atoms with van der Waals surface area (Å²) in [5.41, 5.74) is -1.16. The van der Waals surface area contributed by atoms with Gasteiger partial charge in [-0.1, -0.05) is 0 Å². The molecule has 4 saturated heterocycles. The Morgan fingerprint density at radius 1 is 1.16 bits per heavy atom. The number of ether oxygens (including phenoxy) is 3. The number of nitrogens with zero attached hydrogens (tertiary/aromatic N) is 3. The molecule has 7 atom stereocenters. The number of rotatable bonds is 6. The molecule has 1 N–H and O–H groups in total. The average molecular weight is 539 g/mol. The van der Waals surface area contributed by atoms with Crippen molar-refractivity contribution in [2.45, 2.75) is 75.0 Å². The fourth-order valence-electron chi connectivity index (χ4n) is 7.60. The van der Waals surface area contributed by atoms with E-state index in [-0.39, 0.29) is 42.1 Å². The summed E-state index contributed by atoms with van der Waals surface area (Å²) in [7, 11) is 1.72. The predicted molar refractivity (Wildman–Crippen MR) is 133 cm³/mol. The second kappa shape index (κ2) is 10.2. The van der Waals surface area contributed by atoms with Gasteiger partial charge < -0.3 is 29.3 Å². The lowest BCUT2D eigenvalue weighted by atomic mass is 9.71. The molecule has 5 heterocycles. The van der Waals surface area contributed by atoms with Gasteiger partial charge >= 0.3 is 6.18 Å². The predicted octanol–water partition coefficient (Wildman–Crippen LogP) is 2.86. The minimum absolute atomic E-state index is 0.00835. The third-order valence-electron chi connectivity index (χ3n) is 9.61. The molecule has 5 aliphatic rings. The maximum atomic E-state index is 14.3. The van der Waals surface area contributed by atoms with Gasteiger partial charge in [0.05, 0.1) is 42.4 Å². The lowest BCUT2D eigenvalue weighted by Crippen LogP contribution is -2.55.